The van der Waals surface area contributed by atoms with Crippen LogP contribution in [-0.4, -0.2) is 47.9 Å². The van der Waals surface area contributed by atoms with Crippen LogP contribution in [-0.2, 0) is 24.2 Å². The highest BCUT2D eigenvalue weighted by Crippen LogP contribution is 2.22. The van der Waals surface area contributed by atoms with E-state index in [0.717, 1.165) is 49.0 Å². The van der Waals surface area contributed by atoms with Gasteiger partial charge < -0.3 is 20.1 Å². The molecule has 190 valence electrons. The van der Waals surface area contributed by atoms with Crippen LogP contribution < -0.4 is 5.32 Å². The molecule has 0 saturated carbocycles. The molecule has 1 aliphatic heterocycles. The number of carbonyl (C=O) groups excluding carboxylic acids is 1. The summed E-state index contributed by atoms with van der Waals surface area (Å²) in [6.07, 6.45) is 2.26. The van der Waals surface area contributed by atoms with Crippen molar-refractivity contribution in [1.29, 1.82) is 0 Å². The highest BCUT2D eigenvalue weighted by Gasteiger charge is 2.27. The van der Waals surface area contributed by atoms with Crippen LogP contribution in [0.5, 0.6) is 0 Å². The quantitative estimate of drug-likeness (QED) is 0.421. The van der Waals surface area contributed by atoms with Gasteiger partial charge in [0.15, 0.2) is 0 Å². The molecule has 0 aromatic heterocycles. The fourth-order valence-electron chi connectivity index (χ4n) is 4.79. The lowest BCUT2D eigenvalue weighted by atomic mass is 9.90. The maximum Gasteiger partial charge on any atom is 0.407 e. The second-order valence-electron chi connectivity index (χ2n) is 9.64. The molecule has 0 bridgehead atoms. The Morgan fingerprint density at radius 3 is 2.17 bits per heavy atom. The number of β-amino-alcohol motifs (C(OH)–C–C–N with tert-alkyl or cyclic N) is 1. The summed E-state index contributed by atoms with van der Waals surface area (Å²) in [6, 6.07) is 25.7. The zero-order valence-electron chi connectivity index (χ0n) is 20.6. The molecule has 2 atom stereocenters. The molecule has 2 N–H and O–H groups in total. The maximum atomic E-state index is 13.2. The van der Waals surface area contributed by atoms with Gasteiger partial charge >= 0.3 is 6.09 Å². The SMILES string of the molecule is O=C(NC(Cc1ccccc1)C(O)CN1CCC(Cc2ccc(F)cc2)CC1)OCc1ccccc1. The Morgan fingerprint density at radius 2 is 1.53 bits per heavy atom. The standard InChI is InChI=1S/C30H35FN2O3/c31-27-13-11-24(12-14-27)19-25-15-17-33(18-16-25)21-29(34)28(20-23-7-3-1-4-8-23)32-30(35)36-22-26-9-5-2-6-10-26/h1-14,25,28-29,34H,15-22H2,(H,32,35). The Balaban J connectivity index is 1.29. The molecule has 3 aromatic carbocycles. The van der Waals surface area contributed by atoms with Gasteiger partial charge in [0.1, 0.15) is 12.4 Å². The molecule has 1 heterocycles. The smallest absolute Gasteiger partial charge is 0.407 e. The zero-order chi connectivity index (χ0) is 25.2. The first-order chi connectivity index (χ1) is 17.5. The topological polar surface area (TPSA) is 61.8 Å². The van der Waals surface area contributed by atoms with Crippen molar-refractivity contribution in [3.8, 4) is 0 Å². The van der Waals surface area contributed by atoms with Gasteiger partial charge in [0.2, 0.25) is 0 Å². The van der Waals surface area contributed by atoms with E-state index in [4.69, 9.17) is 4.74 Å². The molecule has 1 aliphatic rings. The number of hydrogen-bond acceptors (Lipinski definition) is 4. The van der Waals surface area contributed by atoms with Crippen LogP contribution in [0, 0.1) is 11.7 Å². The van der Waals surface area contributed by atoms with Crippen molar-refractivity contribution in [3.05, 3.63) is 107 Å². The van der Waals surface area contributed by atoms with Crippen molar-refractivity contribution in [2.75, 3.05) is 19.6 Å². The monoisotopic (exact) mass is 490 g/mol. The first-order valence-corrected chi connectivity index (χ1v) is 12.7. The molecule has 5 nitrogen and oxygen atoms in total. The predicted octanol–water partition coefficient (Wildman–Crippen LogP) is 4.98. The number of piperidine rings is 1. The normalized spacial score (nSPS) is 16.3. The van der Waals surface area contributed by atoms with Gasteiger partial charge in [-0.3, -0.25) is 0 Å². The fraction of sp³-hybridized carbons (Fsp3) is 0.367. The number of aliphatic hydroxyl groups excluding tert-OH is 1. The third kappa shape index (κ3) is 8.18. The Hall–Kier alpha value is -3.22. The Morgan fingerprint density at radius 1 is 0.917 bits per heavy atom. The van der Waals surface area contributed by atoms with Gasteiger partial charge in [-0.25, -0.2) is 9.18 Å². The lowest BCUT2D eigenvalue weighted by Crippen LogP contribution is -2.50. The summed E-state index contributed by atoms with van der Waals surface area (Å²) in [6.45, 7) is 2.45. The van der Waals surface area contributed by atoms with Crippen molar-refractivity contribution in [1.82, 2.24) is 10.2 Å². The van der Waals surface area contributed by atoms with Crippen LogP contribution in [0.25, 0.3) is 0 Å². The molecule has 1 saturated heterocycles. The second kappa shape index (κ2) is 13.2. The lowest BCUT2D eigenvalue weighted by Gasteiger charge is -2.35. The molecule has 0 spiro atoms. The number of rotatable bonds is 10. The molecule has 3 aromatic rings. The van der Waals surface area contributed by atoms with Crippen LogP contribution in [0.15, 0.2) is 84.9 Å². The number of aliphatic hydroxyl groups is 1. The van der Waals surface area contributed by atoms with Crippen molar-refractivity contribution in [2.45, 2.75) is 44.4 Å². The number of nitrogens with zero attached hydrogens (tertiary/aromatic N) is 1. The number of ether oxygens (including phenoxy) is 1. The third-order valence-corrected chi connectivity index (χ3v) is 6.87. The summed E-state index contributed by atoms with van der Waals surface area (Å²) < 4.78 is 18.6. The van der Waals surface area contributed by atoms with E-state index >= 15 is 0 Å². The minimum atomic E-state index is -0.733. The van der Waals surface area contributed by atoms with Crippen LogP contribution in [0.2, 0.25) is 0 Å². The zero-order valence-corrected chi connectivity index (χ0v) is 20.6. The molecule has 1 fully saturated rings. The Bertz CT molecular complexity index is 1050. The van der Waals surface area contributed by atoms with Crippen molar-refractivity contribution in [3.63, 3.8) is 0 Å². The van der Waals surface area contributed by atoms with E-state index in [1.807, 2.05) is 72.8 Å². The molecular formula is C30H35FN2O3. The Labute approximate surface area is 212 Å². The van der Waals surface area contributed by atoms with E-state index < -0.39 is 18.2 Å². The number of likely N-dealkylation sites (tertiary alicyclic amines) is 1. The van der Waals surface area contributed by atoms with Gasteiger partial charge in [-0.2, -0.15) is 0 Å². The van der Waals surface area contributed by atoms with E-state index in [-0.39, 0.29) is 12.4 Å². The largest absolute Gasteiger partial charge is 0.445 e. The number of nitrogens with one attached hydrogen (secondary N) is 1. The van der Waals surface area contributed by atoms with Gasteiger partial charge in [-0.1, -0.05) is 72.8 Å². The molecule has 36 heavy (non-hydrogen) atoms. The molecule has 2 unspecified atom stereocenters. The van der Waals surface area contributed by atoms with Crippen molar-refractivity contribution in [2.24, 2.45) is 5.92 Å². The van der Waals surface area contributed by atoms with Gasteiger partial charge in [-0.15, -0.1) is 0 Å². The van der Waals surface area contributed by atoms with Crippen LogP contribution in [0.3, 0.4) is 0 Å². The maximum absolute atomic E-state index is 13.2. The lowest BCUT2D eigenvalue weighted by molar-refractivity contribution is 0.0583. The Kier molecular flexibility index (Phi) is 9.47. The van der Waals surface area contributed by atoms with E-state index in [2.05, 4.69) is 10.2 Å². The average Bonchev–Trinajstić information content (AvgIpc) is 2.91. The minimum Gasteiger partial charge on any atom is -0.445 e. The summed E-state index contributed by atoms with van der Waals surface area (Å²) in [5.41, 5.74) is 3.12. The predicted molar refractivity (Wildman–Crippen MR) is 139 cm³/mol. The van der Waals surface area contributed by atoms with Gasteiger partial charge in [-0.05, 0) is 73.5 Å². The second-order valence-corrected chi connectivity index (χ2v) is 9.64. The minimum absolute atomic E-state index is 0.183. The number of halogens is 1. The summed E-state index contributed by atoms with van der Waals surface area (Å²) in [5.74, 6) is 0.347. The highest BCUT2D eigenvalue weighted by atomic mass is 19.1. The third-order valence-electron chi connectivity index (χ3n) is 6.87. The van der Waals surface area contributed by atoms with Crippen LogP contribution in [0.4, 0.5) is 9.18 Å². The molecule has 1 amide bonds. The van der Waals surface area contributed by atoms with E-state index in [1.165, 1.54) is 12.1 Å². The van der Waals surface area contributed by atoms with Crippen LogP contribution in [0.1, 0.15) is 29.5 Å². The van der Waals surface area contributed by atoms with E-state index in [0.29, 0.717) is 18.9 Å². The first kappa shape index (κ1) is 25.9. The molecule has 0 radical (unpaired) electrons. The van der Waals surface area contributed by atoms with Gasteiger partial charge in [0.25, 0.3) is 0 Å². The number of alkyl carbamates (subject to hydrolysis) is 1. The summed E-state index contributed by atoms with van der Waals surface area (Å²) in [5, 5.41) is 14.0. The molecular weight excluding hydrogens is 455 g/mol. The summed E-state index contributed by atoms with van der Waals surface area (Å²) in [7, 11) is 0. The molecule has 6 heteroatoms. The fourth-order valence-corrected chi connectivity index (χ4v) is 4.79. The number of benzene rings is 3. The number of amides is 1. The van der Waals surface area contributed by atoms with Crippen LogP contribution >= 0.6 is 0 Å². The van der Waals surface area contributed by atoms with E-state index in [1.54, 1.807) is 0 Å². The van der Waals surface area contributed by atoms with E-state index in [9.17, 15) is 14.3 Å². The number of carbonyl (C=O) groups is 1. The van der Waals surface area contributed by atoms with Gasteiger partial charge in [0.05, 0.1) is 12.1 Å². The number of hydrogen-bond donors (Lipinski definition) is 2. The van der Waals surface area contributed by atoms with Gasteiger partial charge in [0, 0.05) is 6.54 Å². The summed E-state index contributed by atoms with van der Waals surface area (Å²) in [4.78, 5) is 14.8. The van der Waals surface area contributed by atoms with Crippen molar-refractivity contribution < 1.29 is 19.0 Å². The molecule has 4 rings (SSSR count). The first-order valence-electron chi connectivity index (χ1n) is 12.7. The highest BCUT2D eigenvalue weighted by molar-refractivity contribution is 5.67. The van der Waals surface area contributed by atoms with Crippen molar-refractivity contribution >= 4 is 6.09 Å². The molecule has 0 aliphatic carbocycles. The summed E-state index contributed by atoms with van der Waals surface area (Å²) >= 11 is 0. The average molecular weight is 491 g/mol.